The van der Waals surface area contributed by atoms with Crippen LogP contribution in [0.25, 0.3) is 0 Å². The van der Waals surface area contributed by atoms with Gasteiger partial charge in [-0.15, -0.1) is 3.89 Å². The minimum Gasteiger partial charge on any atom is -0.479 e. The largest absolute Gasteiger partial charge is 0.479 e. The van der Waals surface area contributed by atoms with Gasteiger partial charge in [-0.05, 0) is 25.1 Å². The molecular weight excluding hydrogens is 237 g/mol. The summed E-state index contributed by atoms with van der Waals surface area (Å²) in [6, 6.07) is 3.41. The number of halogens is 1. The van der Waals surface area contributed by atoms with Crippen molar-refractivity contribution in [2.75, 3.05) is 5.32 Å². The summed E-state index contributed by atoms with van der Waals surface area (Å²) in [4.78, 5) is 10.7. The van der Waals surface area contributed by atoms with E-state index in [4.69, 9.17) is 4.74 Å². The van der Waals surface area contributed by atoms with Gasteiger partial charge in [0.1, 0.15) is 10.6 Å². The van der Waals surface area contributed by atoms with Crippen LogP contribution in [0.2, 0.25) is 0 Å². The molecule has 1 aliphatic rings. The van der Waals surface area contributed by atoms with Gasteiger partial charge in [0.25, 0.3) is 5.91 Å². The number of carbonyl (C=O) groups excluding carboxylic acids is 1. The van der Waals surface area contributed by atoms with Gasteiger partial charge in [-0.25, -0.2) is 0 Å². The summed E-state index contributed by atoms with van der Waals surface area (Å²) in [6.07, 6.45) is -0.652. The molecule has 0 fully saturated rings. The molecule has 16 heavy (non-hydrogen) atoms. The van der Waals surface area contributed by atoms with Gasteiger partial charge in [0.05, 0.1) is 5.69 Å². The number of hydrogen-bond donors (Lipinski definition) is 1. The summed E-state index contributed by atoms with van der Waals surface area (Å²) in [5.41, 5.74) is 0.154. The van der Waals surface area contributed by atoms with E-state index >= 15 is 0 Å². The number of carbonyl (C=O) groups is 1. The molecule has 86 valence electrons. The molecule has 7 heteroatoms. The first-order valence-electron chi connectivity index (χ1n) is 4.44. The summed E-state index contributed by atoms with van der Waals surface area (Å²) in [6.45, 7) is 1.55. The number of amides is 1. The summed E-state index contributed by atoms with van der Waals surface area (Å²) in [7, 11) is -4.77. The van der Waals surface area contributed by atoms with Crippen molar-refractivity contribution in [3.63, 3.8) is 0 Å². The van der Waals surface area contributed by atoms with E-state index in [1.54, 1.807) is 6.92 Å². The molecule has 1 aromatic rings. The number of fused-ring (bicyclic) bond motifs is 1. The number of anilines is 1. The van der Waals surface area contributed by atoms with Crippen LogP contribution in [0, 0.1) is 0 Å². The SMILES string of the molecule is CC1Oc2ccc(S(=O)(=O)F)cc2NC1=O. The Labute approximate surface area is 91.4 Å². The summed E-state index contributed by atoms with van der Waals surface area (Å²) >= 11 is 0. The summed E-state index contributed by atoms with van der Waals surface area (Å²) < 4.78 is 39.2. The lowest BCUT2D eigenvalue weighted by atomic mass is 10.2. The standard InChI is InChI=1S/C9H8FNO4S/c1-5-9(12)11-7-4-6(16(10,13)14)2-3-8(7)15-5/h2-5H,1H3,(H,11,12). The van der Waals surface area contributed by atoms with Crippen molar-refractivity contribution in [2.45, 2.75) is 17.9 Å². The van der Waals surface area contributed by atoms with E-state index in [0.717, 1.165) is 12.1 Å². The molecule has 1 atom stereocenters. The number of benzene rings is 1. The Morgan fingerprint density at radius 1 is 1.44 bits per heavy atom. The van der Waals surface area contributed by atoms with Crippen LogP contribution >= 0.6 is 0 Å². The molecule has 0 aromatic heterocycles. The van der Waals surface area contributed by atoms with Gasteiger partial charge in [0.2, 0.25) is 0 Å². The van der Waals surface area contributed by atoms with E-state index in [1.165, 1.54) is 6.07 Å². The molecule has 1 heterocycles. The lowest BCUT2D eigenvalue weighted by Crippen LogP contribution is -2.34. The molecule has 0 saturated heterocycles. The Balaban J connectivity index is 2.48. The van der Waals surface area contributed by atoms with Crippen molar-refractivity contribution in [3.8, 4) is 5.75 Å². The number of ether oxygens (including phenoxy) is 1. The molecule has 0 bridgehead atoms. The molecule has 1 unspecified atom stereocenters. The third-order valence-corrected chi connectivity index (χ3v) is 2.98. The molecule has 1 N–H and O–H groups in total. The van der Waals surface area contributed by atoms with Crippen LogP contribution in [-0.2, 0) is 15.0 Å². The van der Waals surface area contributed by atoms with Crippen LogP contribution < -0.4 is 10.1 Å². The van der Waals surface area contributed by atoms with Gasteiger partial charge in [-0.2, -0.15) is 8.42 Å². The number of rotatable bonds is 1. The second kappa shape index (κ2) is 3.44. The Morgan fingerprint density at radius 2 is 2.12 bits per heavy atom. The van der Waals surface area contributed by atoms with E-state index in [0.29, 0.717) is 5.75 Å². The maximum Gasteiger partial charge on any atom is 0.332 e. The third kappa shape index (κ3) is 1.85. The highest BCUT2D eigenvalue weighted by molar-refractivity contribution is 7.86. The summed E-state index contributed by atoms with van der Waals surface area (Å²) in [5, 5.41) is 2.43. The zero-order valence-electron chi connectivity index (χ0n) is 8.23. The van der Waals surface area contributed by atoms with E-state index < -0.39 is 27.1 Å². The Bertz CT molecular complexity index is 555. The number of nitrogens with one attached hydrogen (secondary N) is 1. The molecule has 0 radical (unpaired) electrons. The average Bonchev–Trinajstić information content (AvgIpc) is 2.17. The number of hydrogen-bond acceptors (Lipinski definition) is 4. The van der Waals surface area contributed by atoms with Crippen molar-refractivity contribution in [2.24, 2.45) is 0 Å². The first-order chi connectivity index (χ1) is 7.38. The van der Waals surface area contributed by atoms with E-state index in [9.17, 15) is 17.1 Å². The molecule has 1 aromatic carbocycles. The highest BCUT2D eigenvalue weighted by Gasteiger charge is 2.25. The smallest absolute Gasteiger partial charge is 0.332 e. The average molecular weight is 245 g/mol. The van der Waals surface area contributed by atoms with Crippen LogP contribution in [0.1, 0.15) is 6.92 Å². The fraction of sp³-hybridized carbons (Fsp3) is 0.222. The van der Waals surface area contributed by atoms with Crippen LogP contribution in [0.5, 0.6) is 5.75 Å². The van der Waals surface area contributed by atoms with Gasteiger partial charge in [0.15, 0.2) is 6.10 Å². The Morgan fingerprint density at radius 3 is 2.75 bits per heavy atom. The molecule has 0 aliphatic carbocycles. The van der Waals surface area contributed by atoms with Crippen LogP contribution in [-0.4, -0.2) is 20.4 Å². The third-order valence-electron chi connectivity index (χ3n) is 2.16. The minimum absolute atomic E-state index is 0.154. The highest BCUT2D eigenvalue weighted by Crippen LogP contribution is 2.32. The second-order valence-corrected chi connectivity index (χ2v) is 4.69. The van der Waals surface area contributed by atoms with Gasteiger partial charge < -0.3 is 10.1 Å². The first kappa shape index (κ1) is 10.9. The molecule has 2 rings (SSSR count). The summed E-state index contributed by atoms with van der Waals surface area (Å²) in [5.74, 6) is -0.0830. The Kier molecular flexibility index (Phi) is 2.34. The molecule has 1 aliphatic heterocycles. The maximum absolute atomic E-state index is 12.7. The van der Waals surface area contributed by atoms with E-state index in [2.05, 4.69) is 5.32 Å². The maximum atomic E-state index is 12.7. The first-order valence-corrected chi connectivity index (χ1v) is 5.82. The zero-order chi connectivity index (χ0) is 11.9. The molecule has 5 nitrogen and oxygen atoms in total. The highest BCUT2D eigenvalue weighted by atomic mass is 32.3. The lowest BCUT2D eigenvalue weighted by Gasteiger charge is -2.23. The minimum atomic E-state index is -4.77. The molecule has 0 saturated carbocycles. The second-order valence-electron chi connectivity index (χ2n) is 3.35. The van der Waals surface area contributed by atoms with Crippen LogP contribution in [0.15, 0.2) is 23.1 Å². The van der Waals surface area contributed by atoms with E-state index in [1.807, 2.05) is 0 Å². The van der Waals surface area contributed by atoms with Gasteiger partial charge in [-0.3, -0.25) is 4.79 Å². The van der Waals surface area contributed by atoms with Crippen molar-refractivity contribution in [1.29, 1.82) is 0 Å². The monoisotopic (exact) mass is 245 g/mol. The van der Waals surface area contributed by atoms with Crippen molar-refractivity contribution < 1.29 is 21.8 Å². The molecule has 1 amide bonds. The van der Waals surface area contributed by atoms with Gasteiger partial charge in [-0.1, -0.05) is 0 Å². The van der Waals surface area contributed by atoms with Crippen molar-refractivity contribution >= 4 is 21.8 Å². The van der Waals surface area contributed by atoms with Crippen molar-refractivity contribution in [3.05, 3.63) is 18.2 Å². The molecular formula is C9H8FNO4S. The fourth-order valence-corrected chi connectivity index (χ4v) is 1.83. The predicted octanol–water partition coefficient (Wildman–Crippen LogP) is 1.06. The quantitative estimate of drug-likeness (QED) is 0.751. The topological polar surface area (TPSA) is 72.5 Å². The predicted molar refractivity (Wildman–Crippen MR) is 53.5 cm³/mol. The normalized spacial score (nSPS) is 19.6. The van der Waals surface area contributed by atoms with Crippen LogP contribution in [0.4, 0.5) is 9.57 Å². The van der Waals surface area contributed by atoms with Gasteiger partial charge in [0, 0.05) is 0 Å². The van der Waals surface area contributed by atoms with Crippen LogP contribution in [0.3, 0.4) is 0 Å². The lowest BCUT2D eigenvalue weighted by molar-refractivity contribution is -0.122. The van der Waals surface area contributed by atoms with Crippen molar-refractivity contribution in [1.82, 2.24) is 0 Å². The van der Waals surface area contributed by atoms with E-state index in [-0.39, 0.29) is 5.69 Å². The fourth-order valence-electron chi connectivity index (χ4n) is 1.34. The van der Waals surface area contributed by atoms with Gasteiger partial charge >= 0.3 is 10.2 Å². The molecule has 0 spiro atoms. The Hall–Kier alpha value is -1.63. The zero-order valence-corrected chi connectivity index (χ0v) is 9.05.